The highest BCUT2D eigenvalue weighted by molar-refractivity contribution is 5.85. The Bertz CT molecular complexity index is 223. The largest absolute Gasteiger partial charge is 0.383 e. The standard InChI is InChI=1S/C4H4N4.ClH/c5-1-3-2-7-8-4(3)6;/h2H,(H3,6,7,8);1H. The van der Waals surface area contributed by atoms with E-state index in [0.29, 0.717) is 11.4 Å². The number of nitrogens with two attached hydrogens (primary N) is 1. The van der Waals surface area contributed by atoms with Crippen molar-refractivity contribution in [2.24, 2.45) is 0 Å². The maximum Gasteiger partial charge on any atom is 0.137 e. The minimum Gasteiger partial charge on any atom is -0.383 e. The average Bonchev–Trinajstić information content (AvgIpc) is 2.14. The van der Waals surface area contributed by atoms with Crippen LogP contribution in [0.5, 0.6) is 0 Å². The fourth-order valence-electron chi connectivity index (χ4n) is 0.385. The third-order valence-electron chi connectivity index (χ3n) is 0.789. The molecule has 4 nitrogen and oxygen atoms in total. The Morgan fingerprint density at radius 2 is 2.44 bits per heavy atom. The third-order valence-corrected chi connectivity index (χ3v) is 0.789. The first-order chi connectivity index (χ1) is 3.84. The first-order valence-corrected chi connectivity index (χ1v) is 2.03. The predicted octanol–water partition coefficient (Wildman–Crippen LogP) is 0.285. The van der Waals surface area contributed by atoms with Crippen LogP contribution in [-0.2, 0) is 0 Å². The number of nitrogen functional groups attached to an aromatic ring is 1. The molecule has 0 aromatic carbocycles. The van der Waals surface area contributed by atoms with Crippen molar-refractivity contribution in [2.45, 2.75) is 0 Å². The second-order valence-corrected chi connectivity index (χ2v) is 1.31. The minimum absolute atomic E-state index is 0. The number of anilines is 1. The summed E-state index contributed by atoms with van der Waals surface area (Å²) in [5.74, 6) is 0.326. The number of hydrogen-bond acceptors (Lipinski definition) is 3. The zero-order valence-corrected chi connectivity index (χ0v) is 5.27. The van der Waals surface area contributed by atoms with E-state index in [4.69, 9.17) is 11.0 Å². The van der Waals surface area contributed by atoms with Gasteiger partial charge in [0, 0.05) is 0 Å². The van der Waals surface area contributed by atoms with Crippen molar-refractivity contribution in [3.05, 3.63) is 11.8 Å². The molecule has 0 amide bonds. The normalized spacial score (nSPS) is 7.44. The topological polar surface area (TPSA) is 78.5 Å². The predicted molar refractivity (Wildman–Crippen MR) is 35.0 cm³/mol. The highest BCUT2D eigenvalue weighted by atomic mass is 35.5. The van der Waals surface area contributed by atoms with Gasteiger partial charge in [-0.1, -0.05) is 0 Å². The first-order valence-electron chi connectivity index (χ1n) is 2.03. The van der Waals surface area contributed by atoms with Gasteiger partial charge in [-0.15, -0.1) is 12.4 Å². The molecule has 9 heavy (non-hydrogen) atoms. The van der Waals surface area contributed by atoms with Crippen LogP contribution in [0.4, 0.5) is 5.82 Å². The zero-order valence-electron chi connectivity index (χ0n) is 4.46. The number of H-pyrrole nitrogens is 1. The Hall–Kier alpha value is -1.21. The van der Waals surface area contributed by atoms with Crippen molar-refractivity contribution in [3.63, 3.8) is 0 Å². The summed E-state index contributed by atoms with van der Waals surface area (Å²) in [4.78, 5) is 0. The summed E-state index contributed by atoms with van der Waals surface area (Å²) >= 11 is 0. The Morgan fingerprint density at radius 3 is 2.67 bits per heavy atom. The molecule has 0 radical (unpaired) electrons. The lowest BCUT2D eigenvalue weighted by Gasteiger charge is -1.77. The van der Waals surface area contributed by atoms with Gasteiger partial charge in [-0.2, -0.15) is 10.4 Å². The summed E-state index contributed by atoms with van der Waals surface area (Å²) in [6, 6.07) is 1.86. The molecule has 0 spiro atoms. The molecule has 0 aliphatic heterocycles. The molecular weight excluding hydrogens is 140 g/mol. The van der Waals surface area contributed by atoms with E-state index < -0.39 is 0 Å². The number of rotatable bonds is 0. The molecule has 0 aliphatic carbocycles. The van der Waals surface area contributed by atoms with Crippen LogP contribution in [0.25, 0.3) is 0 Å². The van der Waals surface area contributed by atoms with Crippen molar-refractivity contribution >= 4 is 18.2 Å². The van der Waals surface area contributed by atoms with Gasteiger partial charge in [0.25, 0.3) is 0 Å². The van der Waals surface area contributed by atoms with E-state index in [1.807, 2.05) is 6.07 Å². The second kappa shape index (κ2) is 2.95. The van der Waals surface area contributed by atoms with Gasteiger partial charge in [0.15, 0.2) is 0 Å². The Balaban J connectivity index is 0.000000640. The fourth-order valence-corrected chi connectivity index (χ4v) is 0.385. The molecular formula is C4H5ClN4. The third kappa shape index (κ3) is 1.34. The molecule has 48 valence electrons. The van der Waals surface area contributed by atoms with Crippen molar-refractivity contribution in [1.29, 1.82) is 5.26 Å². The number of aromatic amines is 1. The summed E-state index contributed by atoms with van der Waals surface area (Å²) in [7, 11) is 0. The van der Waals surface area contributed by atoms with Crippen LogP contribution in [0.15, 0.2) is 6.20 Å². The molecule has 0 bridgehead atoms. The molecule has 0 unspecified atom stereocenters. The van der Waals surface area contributed by atoms with Gasteiger partial charge in [-0.3, -0.25) is 5.10 Å². The maximum absolute atomic E-state index is 8.22. The van der Waals surface area contributed by atoms with Crippen LogP contribution in [0, 0.1) is 11.3 Å². The van der Waals surface area contributed by atoms with Crippen LogP contribution in [0.1, 0.15) is 5.56 Å². The van der Waals surface area contributed by atoms with Crippen molar-refractivity contribution in [3.8, 4) is 6.07 Å². The number of nitrogens with one attached hydrogen (secondary N) is 1. The average molecular weight is 145 g/mol. The molecule has 1 heterocycles. The number of aromatic nitrogens is 2. The molecule has 3 N–H and O–H groups in total. The highest BCUT2D eigenvalue weighted by Crippen LogP contribution is 2.01. The van der Waals surface area contributed by atoms with Gasteiger partial charge in [0.1, 0.15) is 17.5 Å². The number of nitrogens with zero attached hydrogens (tertiary/aromatic N) is 2. The quantitative estimate of drug-likeness (QED) is 0.549. The Labute approximate surface area is 58.1 Å². The lowest BCUT2D eigenvalue weighted by atomic mass is 10.4. The van der Waals surface area contributed by atoms with E-state index >= 15 is 0 Å². The van der Waals surface area contributed by atoms with Crippen LogP contribution in [0.3, 0.4) is 0 Å². The van der Waals surface area contributed by atoms with Gasteiger partial charge < -0.3 is 5.73 Å². The van der Waals surface area contributed by atoms with E-state index in [9.17, 15) is 0 Å². The SMILES string of the molecule is Cl.N#Cc1cn[nH]c1N. The van der Waals surface area contributed by atoms with Gasteiger partial charge in [0.2, 0.25) is 0 Å². The number of halogens is 1. The van der Waals surface area contributed by atoms with E-state index in [-0.39, 0.29) is 12.4 Å². The summed E-state index contributed by atoms with van der Waals surface area (Å²) in [6.45, 7) is 0. The second-order valence-electron chi connectivity index (χ2n) is 1.31. The van der Waals surface area contributed by atoms with Gasteiger partial charge in [-0.05, 0) is 0 Å². The van der Waals surface area contributed by atoms with E-state index in [1.165, 1.54) is 6.20 Å². The monoisotopic (exact) mass is 144 g/mol. The maximum atomic E-state index is 8.22. The number of hydrogen-bond donors (Lipinski definition) is 2. The van der Waals surface area contributed by atoms with Crippen molar-refractivity contribution in [2.75, 3.05) is 5.73 Å². The number of nitriles is 1. The summed E-state index contributed by atoms with van der Waals surface area (Å²) in [5.41, 5.74) is 5.60. The lowest BCUT2D eigenvalue weighted by molar-refractivity contribution is 1.10. The molecule has 0 atom stereocenters. The molecule has 0 fully saturated rings. The van der Waals surface area contributed by atoms with Crippen LogP contribution in [0.2, 0.25) is 0 Å². The van der Waals surface area contributed by atoms with Crippen LogP contribution < -0.4 is 5.73 Å². The molecule has 0 aliphatic rings. The zero-order chi connectivity index (χ0) is 5.98. The van der Waals surface area contributed by atoms with E-state index in [1.54, 1.807) is 0 Å². The Kier molecular flexibility index (Phi) is 2.55. The smallest absolute Gasteiger partial charge is 0.137 e. The highest BCUT2D eigenvalue weighted by Gasteiger charge is 1.94. The first kappa shape index (κ1) is 7.79. The van der Waals surface area contributed by atoms with E-state index in [0.717, 1.165) is 0 Å². The van der Waals surface area contributed by atoms with Crippen molar-refractivity contribution < 1.29 is 0 Å². The van der Waals surface area contributed by atoms with E-state index in [2.05, 4.69) is 10.2 Å². The van der Waals surface area contributed by atoms with Gasteiger partial charge in [-0.25, -0.2) is 0 Å². The lowest BCUT2D eigenvalue weighted by Crippen LogP contribution is -1.85. The van der Waals surface area contributed by atoms with Crippen molar-refractivity contribution in [1.82, 2.24) is 10.2 Å². The fraction of sp³-hybridized carbons (Fsp3) is 0. The molecule has 1 rings (SSSR count). The molecule has 1 aromatic rings. The minimum atomic E-state index is 0. The van der Waals surface area contributed by atoms with Crippen LogP contribution in [-0.4, -0.2) is 10.2 Å². The summed E-state index contributed by atoms with van der Waals surface area (Å²) in [6.07, 6.45) is 1.38. The van der Waals surface area contributed by atoms with Gasteiger partial charge in [0.05, 0.1) is 6.20 Å². The summed E-state index contributed by atoms with van der Waals surface area (Å²) < 4.78 is 0. The molecule has 0 saturated carbocycles. The molecule has 5 heteroatoms. The summed E-state index contributed by atoms with van der Waals surface area (Å²) in [5, 5.41) is 14.2. The van der Waals surface area contributed by atoms with Gasteiger partial charge >= 0.3 is 0 Å². The molecule has 1 aromatic heterocycles. The van der Waals surface area contributed by atoms with Crippen LogP contribution >= 0.6 is 12.4 Å². The molecule has 0 saturated heterocycles. The Morgan fingerprint density at radius 1 is 1.78 bits per heavy atom.